The monoisotopic (exact) mass is 428 g/mol. The number of carbonyl (C=O) groups excluding carboxylic acids is 1. The van der Waals surface area contributed by atoms with E-state index in [0.717, 1.165) is 0 Å². The summed E-state index contributed by atoms with van der Waals surface area (Å²) in [6.07, 6.45) is 4.80. The molecule has 2 aromatic heterocycles. The molecular weight excluding hydrogens is 407 g/mol. The van der Waals surface area contributed by atoms with E-state index in [9.17, 15) is 9.18 Å². The standard InChI is InChI=1S/C22H22ClFN4O2/c1-14-12-27(13-15(2)30-14)18-7-6-16(11-17(18)24)25-21(29)9-8-19-22(23)26-20-5-3-4-10-28(19)20/h3-11,14-15H,12-13H2,1-2H3,(H,25,29)/b9-8+. The van der Waals surface area contributed by atoms with Gasteiger partial charge in [-0.15, -0.1) is 0 Å². The number of fused-ring (bicyclic) bond motifs is 1. The van der Waals surface area contributed by atoms with E-state index in [1.54, 1.807) is 22.6 Å². The van der Waals surface area contributed by atoms with E-state index in [4.69, 9.17) is 16.3 Å². The number of amides is 1. The Morgan fingerprint density at radius 2 is 2.03 bits per heavy atom. The molecule has 0 spiro atoms. The molecule has 3 aromatic rings. The van der Waals surface area contributed by atoms with Crippen molar-refractivity contribution in [2.24, 2.45) is 0 Å². The van der Waals surface area contributed by atoms with Gasteiger partial charge in [-0.25, -0.2) is 9.37 Å². The molecular formula is C22H22ClFN4O2. The molecule has 2 atom stereocenters. The summed E-state index contributed by atoms with van der Waals surface area (Å²) in [5.74, 6) is -0.777. The molecule has 0 aliphatic carbocycles. The Morgan fingerprint density at radius 3 is 2.77 bits per heavy atom. The molecule has 3 heterocycles. The Hall–Kier alpha value is -2.90. The minimum atomic E-state index is -0.391. The van der Waals surface area contributed by atoms with Gasteiger partial charge in [0.1, 0.15) is 11.5 Å². The van der Waals surface area contributed by atoms with Crippen molar-refractivity contribution < 1.29 is 13.9 Å². The van der Waals surface area contributed by atoms with Crippen LogP contribution in [0.4, 0.5) is 15.8 Å². The fraction of sp³-hybridized carbons (Fsp3) is 0.273. The normalized spacial score (nSPS) is 19.5. The van der Waals surface area contributed by atoms with Gasteiger partial charge in [0, 0.05) is 31.0 Å². The summed E-state index contributed by atoms with van der Waals surface area (Å²) >= 11 is 6.17. The molecule has 1 aliphatic rings. The molecule has 1 aliphatic heterocycles. The SMILES string of the molecule is CC1CN(c2ccc(NC(=O)/C=C/c3c(Cl)nc4ccccn34)cc2F)CC(C)O1. The van der Waals surface area contributed by atoms with Crippen LogP contribution in [0.15, 0.2) is 48.7 Å². The smallest absolute Gasteiger partial charge is 0.248 e. The number of imidazole rings is 1. The highest BCUT2D eigenvalue weighted by atomic mass is 35.5. The van der Waals surface area contributed by atoms with Crippen molar-refractivity contribution in [3.05, 3.63) is 65.3 Å². The number of hydrogen-bond donors (Lipinski definition) is 1. The van der Waals surface area contributed by atoms with Gasteiger partial charge in [0.05, 0.1) is 23.6 Å². The highest BCUT2D eigenvalue weighted by Crippen LogP contribution is 2.26. The first-order valence-corrected chi connectivity index (χ1v) is 10.1. The highest BCUT2D eigenvalue weighted by Gasteiger charge is 2.24. The van der Waals surface area contributed by atoms with E-state index >= 15 is 0 Å². The number of anilines is 2. The van der Waals surface area contributed by atoms with Crippen LogP contribution < -0.4 is 10.2 Å². The summed E-state index contributed by atoms with van der Waals surface area (Å²) in [7, 11) is 0. The molecule has 4 rings (SSSR count). The summed E-state index contributed by atoms with van der Waals surface area (Å²) in [5, 5.41) is 2.98. The second-order valence-electron chi connectivity index (χ2n) is 7.37. The third-order valence-corrected chi connectivity index (χ3v) is 5.17. The van der Waals surface area contributed by atoms with Gasteiger partial charge in [0.2, 0.25) is 5.91 Å². The quantitative estimate of drug-likeness (QED) is 0.626. The average molecular weight is 429 g/mol. The van der Waals surface area contributed by atoms with Crippen LogP contribution in [-0.4, -0.2) is 40.6 Å². The fourth-order valence-electron chi connectivity index (χ4n) is 3.69. The molecule has 1 amide bonds. The Balaban J connectivity index is 1.46. The zero-order valence-electron chi connectivity index (χ0n) is 16.7. The summed E-state index contributed by atoms with van der Waals surface area (Å²) in [6, 6.07) is 10.2. The number of aromatic nitrogens is 2. The van der Waals surface area contributed by atoms with Crippen LogP contribution in [0, 0.1) is 5.82 Å². The van der Waals surface area contributed by atoms with Crippen molar-refractivity contribution in [1.29, 1.82) is 0 Å². The maximum Gasteiger partial charge on any atom is 0.248 e. The van der Waals surface area contributed by atoms with E-state index in [1.165, 1.54) is 12.1 Å². The maximum atomic E-state index is 14.7. The molecule has 1 saturated heterocycles. The first kappa shape index (κ1) is 20.4. The third kappa shape index (κ3) is 4.32. The lowest BCUT2D eigenvalue weighted by molar-refractivity contribution is -0.111. The van der Waals surface area contributed by atoms with Crippen LogP contribution in [0.3, 0.4) is 0 Å². The number of rotatable bonds is 4. The number of pyridine rings is 1. The van der Waals surface area contributed by atoms with Gasteiger partial charge < -0.3 is 15.0 Å². The van der Waals surface area contributed by atoms with E-state index in [-0.39, 0.29) is 18.0 Å². The zero-order valence-corrected chi connectivity index (χ0v) is 17.4. The topological polar surface area (TPSA) is 58.9 Å². The summed E-state index contributed by atoms with van der Waals surface area (Å²) < 4.78 is 22.2. The van der Waals surface area contributed by atoms with E-state index in [2.05, 4.69) is 10.3 Å². The third-order valence-electron chi connectivity index (χ3n) is 4.89. The molecule has 1 N–H and O–H groups in total. The van der Waals surface area contributed by atoms with Crippen LogP contribution in [-0.2, 0) is 9.53 Å². The van der Waals surface area contributed by atoms with Crippen molar-refractivity contribution in [3.8, 4) is 0 Å². The van der Waals surface area contributed by atoms with Crippen molar-refractivity contribution in [3.63, 3.8) is 0 Å². The minimum absolute atomic E-state index is 0.0316. The number of hydrogen-bond acceptors (Lipinski definition) is 4. The molecule has 1 fully saturated rings. The molecule has 0 saturated carbocycles. The average Bonchev–Trinajstić information content (AvgIpc) is 3.00. The summed E-state index contributed by atoms with van der Waals surface area (Å²) in [4.78, 5) is 18.5. The molecule has 156 valence electrons. The second kappa shape index (κ2) is 8.45. The molecule has 0 radical (unpaired) electrons. The Morgan fingerprint density at radius 1 is 1.27 bits per heavy atom. The molecule has 1 aromatic carbocycles. The zero-order chi connectivity index (χ0) is 21.3. The number of ether oxygens (including phenoxy) is 1. The van der Waals surface area contributed by atoms with Gasteiger partial charge in [-0.05, 0) is 50.3 Å². The predicted octanol–water partition coefficient (Wildman–Crippen LogP) is 4.39. The van der Waals surface area contributed by atoms with Crippen LogP contribution in [0.25, 0.3) is 11.7 Å². The Labute approximate surface area is 178 Å². The minimum Gasteiger partial charge on any atom is -0.372 e. The largest absolute Gasteiger partial charge is 0.372 e. The lowest BCUT2D eigenvalue weighted by atomic mass is 10.2. The fourth-order valence-corrected chi connectivity index (χ4v) is 3.93. The van der Waals surface area contributed by atoms with Crippen molar-refractivity contribution in [1.82, 2.24) is 9.38 Å². The Kier molecular flexibility index (Phi) is 5.74. The first-order valence-electron chi connectivity index (χ1n) is 9.72. The van der Waals surface area contributed by atoms with Gasteiger partial charge in [-0.3, -0.25) is 9.20 Å². The number of benzene rings is 1. The van der Waals surface area contributed by atoms with E-state index in [0.29, 0.717) is 41.0 Å². The van der Waals surface area contributed by atoms with Crippen molar-refractivity contribution in [2.45, 2.75) is 26.1 Å². The highest BCUT2D eigenvalue weighted by molar-refractivity contribution is 6.31. The van der Waals surface area contributed by atoms with Gasteiger partial charge >= 0.3 is 0 Å². The molecule has 0 bridgehead atoms. The summed E-state index contributed by atoms with van der Waals surface area (Å²) in [5.41, 5.74) is 2.17. The number of morpholine rings is 1. The maximum absolute atomic E-state index is 14.7. The van der Waals surface area contributed by atoms with Crippen molar-refractivity contribution >= 4 is 40.6 Å². The summed E-state index contributed by atoms with van der Waals surface area (Å²) in [6.45, 7) is 5.18. The van der Waals surface area contributed by atoms with Gasteiger partial charge in [0.15, 0.2) is 5.15 Å². The molecule has 6 nitrogen and oxygen atoms in total. The van der Waals surface area contributed by atoms with Gasteiger partial charge in [0.25, 0.3) is 0 Å². The number of nitrogens with zero attached hydrogens (tertiary/aromatic N) is 3. The van der Waals surface area contributed by atoms with E-state index < -0.39 is 5.91 Å². The Bertz CT molecular complexity index is 1100. The second-order valence-corrected chi connectivity index (χ2v) is 7.73. The van der Waals surface area contributed by atoms with Crippen LogP contribution in [0.5, 0.6) is 0 Å². The van der Waals surface area contributed by atoms with E-state index in [1.807, 2.05) is 43.1 Å². The number of carbonyl (C=O) groups is 1. The van der Waals surface area contributed by atoms with Crippen LogP contribution >= 0.6 is 11.6 Å². The van der Waals surface area contributed by atoms with Gasteiger partial charge in [-0.1, -0.05) is 17.7 Å². The molecule has 30 heavy (non-hydrogen) atoms. The van der Waals surface area contributed by atoms with Crippen molar-refractivity contribution in [2.75, 3.05) is 23.3 Å². The van der Waals surface area contributed by atoms with Crippen LogP contribution in [0.1, 0.15) is 19.5 Å². The number of nitrogens with one attached hydrogen (secondary N) is 1. The molecule has 2 unspecified atom stereocenters. The predicted molar refractivity (Wildman–Crippen MR) is 116 cm³/mol. The van der Waals surface area contributed by atoms with Crippen LogP contribution in [0.2, 0.25) is 5.15 Å². The lowest BCUT2D eigenvalue weighted by Gasteiger charge is -2.37. The van der Waals surface area contributed by atoms with Gasteiger partial charge in [-0.2, -0.15) is 0 Å². The lowest BCUT2D eigenvalue weighted by Crippen LogP contribution is -2.45. The first-order chi connectivity index (χ1) is 14.4. The molecule has 8 heteroatoms. The number of halogens is 2.